The van der Waals surface area contributed by atoms with E-state index in [0.717, 1.165) is 19.4 Å². The number of nitrogens with two attached hydrogens (primary N) is 1. The van der Waals surface area contributed by atoms with Crippen LogP contribution in [0.3, 0.4) is 0 Å². The SMILES string of the molecule is COC1CCN(C(=O)C(C)C)C(CN)C1.Cl. The van der Waals surface area contributed by atoms with E-state index in [4.69, 9.17) is 10.5 Å². The van der Waals surface area contributed by atoms with E-state index in [2.05, 4.69) is 0 Å². The third kappa shape index (κ3) is 3.61. The highest BCUT2D eigenvalue weighted by Crippen LogP contribution is 2.20. The highest BCUT2D eigenvalue weighted by Gasteiger charge is 2.31. The maximum atomic E-state index is 11.9. The van der Waals surface area contributed by atoms with Gasteiger partial charge < -0.3 is 15.4 Å². The largest absolute Gasteiger partial charge is 0.381 e. The second kappa shape index (κ2) is 7.09. The topological polar surface area (TPSA) is 55.6 Å². The molecule has 2 atom stereocenters. The summed E-state index contributed by atoms with van der Waals surface area (Å²) in [7, 11) is 1.72. The van der Waals surface area contributed by atoms with Gasteiger partial charge >= 0.3 is 0 Å². The third-order valence-corrected chi connectivity index (χ3v) is 3.05. The highest BCUT2D eigenvalue weighted by molar-refractivity contribution is 5.85. The highest BCUT2D eigenvalue weighted by atomic mass is 35.5. The lowest BCUT2D eigenvalue weighted by atomic mass is 9.97. The molecule has 1 heterocycles. The summed E-state index contributed by atoms with van der Waals surface area (Å²) < 4.78 is 5.32. The van der Waals surface area contributed by atoms with Crippen molar-refractivity contribution >= 4 is 18.3 Å². The predicted octanol–water partition coefficient (Wildman–Crippen LogP) is 1.03. The third-order valence-electron chi connectivity index (χ3n) is 3.05. The van der Waals surface area contributed by atoms with Gasteiger partial charge in [-0.3, -0.25) is 4.79 Å². The molecular weight excluding hydrogens is 228 g/mol. The molecule has 0 spiro atoms. The first-order chi connectivity index (χ1) is 7.10. The number of carbonyl (C=O) groups is 1. The van der Waals surface area contributed by atoms with Crippen LogP contribution < -0.4 is 5.73 Å². The van der Waals surface area contributed by atoms with Gasteiger partial charge in [0.2, 0.25) is 5.91 Å². The molecule has 2 unspecified atom stereocenters. The van der Waals surface area contributed by atoms with Gasteiger partial charge in [-0.15, -0.1) is 12.4 Å². The Labute approximate surface area is 104 Å². The van der Waals surface area contributed by atoms with Crippen molar-refractivity contribution < 1.29 is 9.53 Å². The molecule has 0 aromatic carbocycles. The van der Waals surface area contributed by atoms with Gasteiger partial charge in [0.1, 0.15) is 0 Å². The smallest absolute Gasteiger partial charge is 0.225 e. The number of piperidine rings is 1. The number of hydrogen-bond acceptors (Lipinski definition) is 3. The summed E-state index contributed by atoms with van der Waals surface area (Å²) in [5, 5.41) is 0. The number of halogens is 1. The second-order valence-corrected chi connectivity index (χ2v) is 4.46. The van der Waals surface area contributed by atoms with Crippen LogP contribution in [0.15, 0.2) is 0 Å². The molecule has 0 aromatic heterocycles. The number of rotatable bonds is 3. The maximum absolute atomic E-state index is 11.9. The molecule has 1 rings (SSSR count). The average molecular weight is 251 g/mol. The minimum Gasteiger partial charge on any atom is -0.381 e. The summed E-state index contributed by atoms with van der Waals surface area (Å²) >= 11 is 0. The van der Waals surface area contributed by atoms with Gasteiger partial charge in [0, 0.05) is 32.2 Å². The Hall–Kier alpha value is -0.320. The van der Waals surface area contributed by atoms with E-state index >= 15 is 0 Å². The summed E-state index contributed by atoms with van der Waals surface area (Å²) in [6.45, 7) is 5.16. The van der Waals surface area contributed by atoms with E-state index in [1.807, 2.05) is 18.7 Å². The van der Waals surface area contributed by atoms with Crippen LogP contribution in [-0.4, -0.2) is 43.2 Å². The molecule has 1 saturated heterocycles. The van der Waals surface area contributed by atoms with Crippen molar-refractivity contribution in [3.05, 3.63) is 0 Å². The van der Waals surface area contributed by atoms with Gasteiger partial charge in [-0.05, 0) is 12.8 Å². The van der Waals surface area contributed by atoms with Crippen LogP contribution in [0, 0.1) is 5.92 Å². The van der Waals surface area contributed by atoms with E-state index in [9.17, 15) is 4.79 Å². The van der Waals surface area contributed by atoms with Crippen LogP contribution in [0.4, 0.5) is 0 Å². The van der Waals surface area contributed by atoms with E-state index in [-0.39, 0.29) is 36.4 Å². The Bertz CT molecular complexity index is 224. The first-order valence-corrected chi connectivity index (χ1v) is 5.63. The lowest BCUT2D eigenvalue weighted by molar-refractivity contribution is -0.140. The summed E-state index contributed by atoms with van der Waals surface area (Å²) in [4.78, 5) is 13.8. The van der Waals surface area contributed by atoms with E-state index in [1.165, 1.54) is 0 Å². The quantitative estimate of drug-likeness (QED) is 0.814. The number of methoxy groups -OCH3 is 1. The zero-order chi connectivity index (χ0) is 11.4. The Morgan fingerprint density at radius 1 is 1.56 bits per heavy atom. The Kier molecular flexibility index (Phi) is 6.95. The number of amides is 1. The second-order valence-electron chi connectivity index (χ2n) is 4.46. The van der Waals surface area contributed by atoms with Gasteiger partial charge in [0.15, 0.2) is 0 Å². The molecule has 0 aliphatic carbocycles. The van der Waals surface area contributed by atoms with Gasteiger partial charge in [-0.25, -0.2) is 0 Å². The van der Waals surface area contributed by atoms with Gasteiger partial charge in [-0.1, -0.05) is 13.8 Å². The lowest BCUT2D eigenvalue weighted by Gasteiger charge is -2.39. The van der Waals surface area contributed by atoms with E-state index in [0.29, 0.717) is 6.54 Å². The van der Waals surface area contributed by atoms with Crippen molar-refractivity contribution in [2.24, 2.45) is 11.7 Å². The Balaban J connectivity index is 0.00000225. The molecule has 2 N–H and O–H groups in total. The molecule has 16 heavy (non-hydrogen) atoms. The van der Waals surface area contributed by atoms with Crippen molar-refractivity contribution in [3.63, 3.8) is 0 Å². The molecule has 1 aliphatic heterocycles. The fourth-order valence-corrected chi connectivity index (χ4v) is 2.07. The molecule has 0 bridgehead atoms. The minimum atomic E-state index is 0. The number of hydrogen-bond donors (Lipinski definition) is 1. The summed E-state index contributed by atoms with van der Waals surface area (Å²) in [5.41, 5.74) is 5.70. The number of ether oxygens (including phenoxy) is 1. The van der Waals surface area contributed by atoms with E-state index < -0.39 is 0 Å². The first kappa shape index (κ1) is 15.7. The molecule has 4 nitrogen and oxygen atoms in total. The van der Waals surface area contributed by atoms with Crippen LogP contribution >= 0.6 is 12.4 Å². The van der Waals surface area contributed by atoms with Crippen LogP contribution in [0.5, 0.6) is 0 Å². The minimum absolute atomic E-state index is 0. The van der Waals surface area contributed by atoms with Crippen molar-refractivity contribution in [1.82, 2.24) is 4.90 Å². The predicted molar refractivity (Wildman–Crippen MR) is 66.7 cm³/mol. The van der Waals surface area contributed by atoms with Gasteiger partial charge in [0.25, 0.3) is 0 Å². The summed E-state index contributed by atoms with van der Waals surface area (Å²) in [6.07, 6.45) is 2.05. The molecule has 0 saturated carbocycles. The molecule has 5 heteroatoms. The number of carbonyl (C=O) groups excluding carboxylic acids is 1. The van der Waals surface area contributed by atoms with Crippen LogP contribution in [0.2, 0.25) is 0 Å². The van der Waals surface area contributed by atoms with Crippen LogP contribution in [-0.2, 0) is 9.53 Å². The molecule has 1 aliphatic rings. The average Bonchev–Trinajstić information content (AvgIpc) is 2.27. The van der Waals surface area contributed by atoms with Gasteiger partial charge in [-0.2, -0.15) is 0 Å². The number of nitrogens with zero attached hydrogens (tertiary/aromatic N) is 1. The standard InChI is InChI=1S/C11H22N2O2.ClH/c1-8(2)11(14)13-5-4-10(15-3)6-9(13)7-12;/h8-10H,4-7,12H2,1-3H3;1H. The molecule has 1 amide bonds. The first-order valence-electron chi connectivity index (χ1n) is 5.63. The van der Waals surface area contributed by atoms with Crippen molar-refractivity contribution in [2.45, 2.75) is 38.8 Å². The lowest BCUT2D eigenvalue weighted by Crippen LogP contribution is -2.52. The maximum Gasteiger partial charge on any atom is 0.225 e. The van der Waals surface area contributed by atoms with Crippen molar-refractivity contribution in [3.8, 4) is 0 Å². The fraction of sp³-hybridized carbons (Fsp3) is 0.909. The zero-order valence-corrected chi connectivity index (χ0v) is 11.1. The summed E-state index contributed by atoms with van der Waals surface area (Å²) in [5.74, 6) is 0.262. The van der Waals surface area contributed by atoms with Crippen LogP contribution in [0.25, 0.3) is 0 Å². The molecule has 0 aromatic rings. The van der Waals surface area contributed by atoms with Gasteiger partial charge in [0.05, 0.1) is 6.10 Å². The van der Waals surface area contributed by atoms with E-state index in [1.54, 1.807) is 7.11 Å². The molecule has 0 radical (unpaired) electrons. The fourth-order valence-electron chi connectivity index (χ4n) is 2.07. The van der Waals surface area contributed by atoms with Crippen LogP contribution in [0.1, 0.15) is 26.7 Å². The molecule has 96 valence electrons. The summed E-state index contributed by atoms with van der Waals surface area (Å²) in [6, 6.07) is 0.151. The number of likely N-dealkylation sites (tertiary alicyclic amines) is 1. The molecule has 1 fully saturated rings. The Morgan fingerprint density at radius 3 is 2.62 bits per heavy atom. The molecular formula is C11H23ClN2O2. The monoisotopic (exact) mass is 250 g/mol. The normalized spacial score (nSPS) is 25.4. The van der Waals surface area contributed by atoms with Crippen molar-refractivity contribution in [2.75, 3.05) is 20.2 Å². The zero-order valence-electron chi connectivity index (χ0n) is 10.3. The van der Waals surface area contributed by atoms with Crippen molar-refractivity contribution in [1.29, 1.82) is 0 Å². The Morgan fingerprint density at radius 2 is 2.19 bits per heavy atom.